The third-order valence-corrected chi connectivity index (χ3v) is 3.01. The number of carbonyl (C=O) groups excluding carboxylic acids is 2. The summed E-state index contributed by atoms with van der Waals surface area (Å²) in [6, 6.07) is 0. The van der Waals surface area contributed by atoms with E-state index in [0.29, 0.717) is 0 Å². The zero-order valence-corrected chi connectivity index (χ0v) is 12.6. The van der Waals surface area contributed by atoms with Crippen molar-refractivity contribution in [3.8, 4) is 0 Å². The van der Waals surface area contributed by atoms with Crippen LogP contribution >= 0.6 is 0 Å². The molecule has 0 saturated heterocycles. The van der Waals surface area contributed by atoms with Crippen LogP contribution in [-0.4, -0.2) is 97.4 Å². The molecule has 9 nitrogen and oxygen atoms in total. The van der Waals surface area contributed by atoms with Gasteiger partial charge in [-0.25, -0.2) is 0 Å². The van der Waals surface area contributed by atoms with Crippen molar-refractivity contribution in [2.75, 3.05) is 0 Å². The van der Waals surface area contributed by atoms with Gasteiger partial charge in [0.05, 0.1) is 0 Å². The van der Waals surface area contributed by atoms with E-state index in [0.717, 1.165) is 0 Å². The first kappa shape index (κ1) is 28.8. The van der Waals surface area contributed by atoms with Crippen molar-refractivity contribution in [3.05, 3.63) is 0 Å². The molecule has 130 valence electrons. The van der Waals surface area contributed by atoms with E-state index < -0.39 is 35.2 Å². The molecule has 0 saturated carbocycles. The Morgan fingerprint density at radius 1 is 0.667 bits per heavy atom. The first-order valence-corrected chi connectivity index (χ1v) is 7.59. The quantitative estimate of drug-likeness (QED) is 0.339. The second kappa shape index (κ2) is 17.8. The number of rotatable bonds is 12. The Labute approximate surface area is 186 Å². The maximum absolute atomic E-state index is 11.2. The van der Waals surface area contributed by atoms with Crippen LogP contribution in [0, 0.1) is 0 Å². The summed E-state index contributed by atoms with van der Waals surface area (Å²) in [6.45, 7) is 0. The molecule has 0 aromatic rings. The zero-order valence-electron chi connectivity index (χ0n) is 11.8. The summed E-state index contributed by atoms with van der Waals surface area (Å²) in [5, 5.41) is 16.8. The van der Waals surface area contributed by atoms with Crippen LogP contribution in [0.15, 0.2) is 0 Å². The number of carboxylic acid groups (broad SMARTS) is 2. The first-order valence-electron chi connectivity index (χ1n) is 6.59. The van der Waals surface area contributed by atoms with Crippen LogP contribution < -0.4 is 0 Å². The molecule has 0 amide bonds. The summed E-state index contributed by atoms with van der Waals surface area (Å²) in [5.74, 6) is -3.67. The number of carbonyl (C=O) groups is 4. The predicted molar refractivity (Wildman–Crippen MR) is 86.8 cm³/mol. The van der Waals surface area contributed by atoms with Gasteiger partial charge in [0.1, 0.15) is 0 Å². The Kier molecular flexibility index (Phi) is 21.4. The minimum absolute atomic E-state index is 0. The summed E-state index contributed by atoms with van der Waals surface area (Å²) in [6.07, 6.45) is 0.644. The molecule has 0 heterocycles. The van der Waals surface area contributed by atoms with Crippen molar-refractivity contribution in [2.24, 2.45) is 0 Å². The number of unbranched alkanes of at least 4 members (excludes halogenated alkanes) is 2. The molecule has 0 aromatic heterocycles. The van der Waals surface area contributed by atoms with Gasteiger partial charge in [0.2, 0.25) is 0 Å². The SMILES string of the molecule is O=C(O)CCCCC(=O)OS(=O)OC(=O)CCCCC(=O)O.[NaH].[NaH]. The minimum atomic E-state index is -2.54. The third-order valence-electron chi connectivity index (χ3n) is 2.37. The topological polar surface area (TPSA) is 144 Å². The van der Waals surface area contributed by atoms with Gasteiger partial charge in [0, 0.05) is 25.7 Å². The van der Waals surface area contributed by atoms with Crippen LogP contribution in [-0.2, 0) is 38.9 Å². The van der Waals surface area contributed by atoms with Gasteiger partial charge in [-0.1, -0.05) is 0 Å². The van der Waals surface area contributed by atoms with Crippen LogP contribution in [0.2, 0.25) is 0 Å². The first-order chi connectivity index (χ1) is 10.3. The molecule has 0 atom stereocenters. The molecule has 0 aromatic carbocycles. The van der Waals surface area contributed by atoms with Crippen LogP contribution in [0.4, 0.5) is 0 Å². The number of hydrogen-bond acceptors (Lipinski definition) is 7. The van der Waals surface area contributed by atoms with Gasteiger partial charge in [-0.2, -0.15) is 4.21 Å². The molecule has 0 fully saturated rings. The Bertz CT molecular complexity index is 404. The molecule has 0 aliphatic heterocycles. The number of carboxylic acids is 2. The van der Waals surface area contributed by atoms with E-state index in [-0.39, 0.29) is 110 Å². The monoisotopic (exact) mass is 386 g/mol. The Morgan fingerprint density at radius 2 is 0.958 bits per heavy atom. The molecule has 0 unspecified atom stereocenters. The second-order valence-corrected chi connectivity index (χ2v) is 5.06. The van der Waals surface area contributed by atoms with Crippen molar-refractivity contribution in [1.82, 2.24) is 0 Å². The zero-order chi connectivity index (χ0) is 17.0. The molecule has 0 radical (unpaired) electrons. The molecule has 0 bridgehead atoms. The molecule has 12 heteroatoms. The Balaban J connectivity index is -0.00000220. The third kappa shape index (κ3) is 20.1. The fraction of sp³-hybridized carbons (Fsp3) is 0.667. The van der Waals surface area contributed by atoms with Crippen LogP contribution in [0.25, 0.3) is 0 Å². The van der Waals surface area contributed by atoms with Crippen molar-refractivity contribution >= 4 is 94.4 Å². The van der Waals surface area contributed by atoms with Gasteiger partial charge >= 0.3 is 94.4 Å². The van der Waals surface area contributed by atoms with Crippen molar-refractivity contribution < 1.29 is 42.0 Å². The van der Waals surface area contributed by atoms with Gasteiger partial charge in [-0.3, -0.25) is 19.2 Å². The van der Waals surface area contributed by atoms with Crippen LogP contribution in [0.3, 0.4) is 0 Å². The maximum atomic E-state index is 11.2. The summed E-state index contributed by atoms with van der Waals surface area (Å²) in [5.41, 5.74) is 0. The van der Waals surface area contributed by atoms with Crippen molar-refractivity contribution in [2.45, 2.75) is 51.4 Å². The van der Waals surface area contributed by atoms with E-state index in [1.165, 1.54) is 0 Å². The summed E-state index contributed by atoms with van der Waals surface area (Å²) in [7, 11) is 0. The van der Waals surface area contributed by atoms with Crippen LogP contribution in [0.1, 0.15) is 51.4 Å². The standard InChI is InChI=1S/C12H18O9S.2Na.2H/c13-9(14)5-1-3-7-11(17)20-22(19)21-12(18)8-4-2-6-10(15)16;;;;/h1-8H2,(H,13,14)(H,15,16);;;;. The molecule has 24 heavy (non-hydrogen) atoms. The summed E-state index contributed by atoms with van der Waals surface area (Å²) >= 11 is -2.54. The van der Waals surface area contributed by atoms with Crippen molar-refractivity contribution in [3.63, 3.8) is 0 Å². The molecule has 0 aliphatic carbocycles. The van der Waals surface area contributed by atoms with E-state index in [4.69, 9.17) is 10.2 Å². The van der Waals surface area contributed by atoms with Crippen LogP contribution in [0.5, 0.6) is 0 Å². The van der Waals surface area contributed by atoms with Gasteiger partial charge in [0.25, 0.3) is 0 Å². The fourth-order valence-electron chi connectivity index (χ4n) is 1.34. The van der Waals surface area contributed by atoms with Gasteiger partial charge < -0.3 is 18.6 Å². The molecule has 0 aliphatic rings. The molecular weight excluding hydrogens is 366 g/mol. The van der Waals surface area contributed by atoms with Gasteiger partial charge in [-0.05, 0) is 25.7 Å². The van der Waals surface area contributed by atoms with Crippen molar-refractivity contribution in [1.29, 1.82) is 0 Å². The van der Waals surface area contributed by atoms with Gasteiger partial charge in [0.15, 0.2) is 0 Å². The molecule has 0 rings (SSSR count). The average molecular weight is 386 g/mol. The van der Waals surface area contributed by atoms with E-state index in [1.807, 2.05) is 0 Å². The number of hydrogen-bond donors (Lipinski definition) is 2. The van der Waals surface area contributed by atoms with E-state index in [9.17, 15) is 23.4 Å². The molecule has 2 N–H and O–H groups in total. The Morgan fingerprint density at radius 3 is 1.25 bits per heavy atom. The van der Waals surface area contributed by atoms with Gasteiger partial charge in [-0.15, -0.1) is 0 Å². The van der Waals surface area contributed by atoms with E-state index in [2.05, 4.69) is 8.37 Å². The summed E-state index contributed by atoms with van der Waals surface area (Å²) in [4.78, 5) is 42.9. The normalized spacial score (nSPS) is 9.38. The number of aliphatic carboxylic acids is 2. The fourth-order valence-corrected chi connectivity index (χ4v) is 1.85. The predicted octanol–water partition coefficient (Wildman–Crippen LogP) is -0.356. The molecule has 0 spiro atoms. The second-order valence-electron chi connectivity index (χ2n) is 4.32. The Hall–Kier alpha value is 0.0300. The van der Waals surface area contributed by atoms with E-state index >= 15 is 0 Å². The van der Waals surface area contributed by atoms with E-state index in [1.54, 1.807) is 0 Å². The summed E-state index contributed by atoms with van der Waals surface area (Å²) < 4.78 is 19.8. The average Bonchev–Trinajstić information content (AvgIpc) is 2.39. The molecular formula is C12H20Na2O9S.